The van der Waals surface area contributed by atoms with Crippen LogP contribution in [-0.4, -0.2) is 54.9 Å². The van der Waals surface area contributed by atoms with Gasteiger partial charge in [-0.25, -0.2) is 0 Å². The summed E-state index contributed by atoms with van der Waals surface area (Å²) in [5, 5.41) is 2.65. The van der Waals surface area contributed by atoms with E-state index < -0.39 is 6.04 Å². The zero-order valence-electron chi connectivity index (χ0n) is 11.1. The second-order valence-corrected chi connectivity index (χ2v) is 5.61. The van der Waals surface area contributed by atoms with Crippen molar-refractivity contribution in [2.24, 2.45) is 11.7 Å². The molecule has 0 aliphatic carbocycles. The van der Waals surface area contributed by atoms with Crippen LogP contribution in [0.5, 0.6) is 0 Å². The molecule has 0 aromatic heterocycles. The predicted molar refractivity (Wildman–Crippen MR) is 74.3 cm³/mol. The fraction of sp³-hybridized carbons (Fsp3) is 0.833. The van der Waals surface area contributed by atoms with Crippen molar-refractivity contribution in [3.8, 4) is 0 Å². The average Bonchev–Trinajstić information content (AvgIpc) is 2.43. The Labute approximate surface area is 113 Å². The zero-order valence-corrected chi connectivity index (χ0v) is 12.0. The highest BCUT2D eigenvalue weighted by atomic mass is 32.2. The Hall–Kier alpha value is -0.750. The number of carbonyl (C=O) groups is 2. The lowest BCUT2D eigenvalue weighted by Crippen LogP contribution is -2.50. The molecule has 5 nitrogen and oxygen atoms in total. The van der Waals surface area contributed by atoms with Gasteiger partial charge in [0.05, 0.1) is 12.0 Å². The molecular formula is C12H23N3O2S. The molecular weight excluding hydrogens is 250 g/mol. The number of hydrogen-bond acceptors (Lipinski definition) is 4. The molecule has 6 heteroatoms. The van der Waals surface area contributed by atoms with Crippen LogP contribution >= 0.6 is 11.8 Å². The Balaban J connectivity index is 2.50. The maximum atomic E-state index is 12.1. The first kappa shape index (κ1) is 15.3. The van der Waals surface area contributed by atoms with Crippen LogP contribution in [0, 0.1) is 5.92 Å². The van der Waals surface area contributed by atoms with Gasteiger partial charge in [0.15, 0.2) is 0 Å². The molecule has 0 bridgehead atoms. The van der Waals surface area contributed by atoms with Gasteiger partial charge in [-0.15, -0.1) is 0 Å². The fourth-order valence-electron chi connectivity index (χ4n) is 2.20. The first-order valence-electron chi connectivity index (χ1n) is 6.35. The number of piperidine rings is 1. The van der Waals surface area contributed by atoms with Crippen molar-refractivity contribution in [1.29, 1.82) is 0 Å². The van der Waals surface area contributed by atoms with Gasteiger partial charge in [-0.3, -0.25) is 9.59 Å². The van der Waals surface area contributed by atoms with E-state index in [1.54, 1.807) is 23.7 Å². The molecule has 1 aliphatic heterocycles. The number of thioether (sulfide) groups is 1. The molecule has 104 valence electrons. The summed E-state index contributed by atoms with van der Waals surface area (Å²) in [6, 6.07) is -0.430. The molecule has 1 fully saturated rings. The lowest BCUT2D eigenvalue weighted by Gasteiger charge is -2.33. The van der Waals surface area contributed by atoms with Crippen LogP contribution in [-0.2, 0) is 9.59 Å². The normalized spacial score (nSPS) is 21.5. The maximum Gasteiger partial charge on any atom is 0.239 e. The van der Waals surface area contributed by atoms with E-state index in [-0.39, 0.29) is 17.7 Å². The molecule has 0 aromatic carbocycles. The van der Waals surface area contributed by atoms with Crippen molar-refractivity contribution >= 4 is 23.6 Å². The minimum Gasteiger partial charge on any atom is -0.359 e. The molecule has 1 aliphatic rings. The summed E-state index contributed by atoms with van der Waals surface area (Å²) in [5.41, 5.74) is 5.88. The molecule has 3 N–H and O–H groups in total. The average molecular weight is 273 g/mol. The van der Waals surface area contributed by atoms with E-state index in [4.69, 9.17) is 5.73 Å². The molecule has 0 saturated carbocycles. The second kappa shape index (κ2) is 7.63. The van der Waals surface area contributed by atoms with E-state index in [2.05, 4.69) is 5.32 Å². The summed E-state index contributed by atoms with van der Waals surface area (Å²) >= 11 is 1.69. The third kappa shape index (κ3) is 4.17. The number of nitrogens with two attached hydrogens (primary N) is 1. The molecule has 1 rings (SSSR count). The fourth-order valence-corrected chi connectivity index (χ4v) is 2.69. The lowest BCUT2D eigenvalue weighted by molar-refractivity contribution is -0.136. The summed E-state index contributed by atoms with van der Waals surface area (Å²) < 4.78 is 0. The number of nitrogens with zero attached hydrogens (tertiary/aromatic N) is 1. The topological polar surface area (TPSA) is 75.4 Å². The number of hydrogen-bond donors (Lipinski definition) is 2. The maximum absolute atomic E-state index is 12.1. The van der Waals surface area contributed by atoms with E-state index >= 15 is 0 Å². The number of nitrogens with one attached hydrogen (secondary N) is 1. The van der Waals surface area contributed by atoms with Gasteiger partial charge in [-0.2, -0.15) is 11.8 Å². The zero-order chi connectivity index (χ0) is 13.5. The Morgan fingerprint density at radius 1 is 1.56 bits per heavy atom. The van der Waals surface area contributed by atoms with Crippen molar-refractivity contribution in [2.45, 2.75) is 25.3 Å². The first-order chi connectivity index (χ1) is 8.60. The minimum atomic E-state index is -0.430. The van der Waals surface area contributed by atoms with Gasteiger partial charge < -0.3 is 16.0 Å². The van der Waals surface area contributed by atoms with Crippen molar-refractivity contribution in [3.63, 3.8) is 0 Å². The van der Waals surface area contributed by atoms with Crippen LogP contribution in [0.2, 0.25) is 0 Å². The van der Waals surface area contributed by atoms with Crippen LogP contribution in [0.15, 0.2) is 0 Å². The highest BCUT2D eigenvalue weighted by molar-refractivity contribution is 7.98. The number of rotatable bonds is 5. The van der Waals surface area contributed by atoms with Gasteiger partial charge in [0.1, 0.15) is 0 Å². The van der Waals surface area contributed by atoms with E-state index in [0.717, 1.165) is 25.1 Å². The van der Waals surface area contributed by atoms with Gasteiger partial charge in [0.2, 0.25) is 11.8 Å². The predicted octanol–water partition coefficient (Wildman–Crippen LogP) is 0.0514. The van der Waals surface area contributed by atoms with Crippen LogP contribution in [0.25, 0.3) is 0 Å². The highest BCUT2D eigenvalue weighted by Crippen LogP contribution is 2.17. The summed E-state index contributed by atoms with van der Waals surface area (Å²) in [4.78, 5) is 25.5. The molecule has 2 atom stereocenters. The quantitative estimate of drug-likeness (QED) is 0.742. The van der Waals surface area contributed by atoms with E-state index in [0.29, 0.717) is 13.0 Å². The second-order valence-electron chi connectivity index (χ2n) is 4.63. The van der Waals surface area contributed by atoms with Gasteiger partial charge >= 0.3 is 0 Å². The van der Waals surface area contributed by atoms with Crippen molar-refractivity contribution in [1.82, 2.24) is 10.2 Å². The Morgan fingerprint density at radius 3 is 2.89 bits per heavy atom. The van der Waals surface area contributed by atoms with Crippen LogP contribution in [0.4, 0.5) is 0 Å². The van der Waals surface area contributed by atoms with E-state index in [1.807, 2.05) is 6.26 Å². The van der Waals surface area contributed by atoms with Gasteiger partial charge in [0.25, 0.3) is 0 Å². The summed E-state index contributed by atoms with van der Waals surface area (Å²) in [6.07, 6.45) is 4.42. The number of likely N-dealkylation sites (tertiary alicyclic amines) is 1. The monoisotopic (exact) mass is 273 g/mol. The lowest BCUT2D eigenvalue weighted by atomic mass is 9.96. The highest BCUT2D eigenvalue weighted by Gasteiger charge is 2.29. The van der Waals surface area contributed by atoms with Crippen molar-refractivity contribution in [3.05, 3.63) is 0 Å². The van der Waals surface area contributed by atoms with Crippen molar-refractivity contribution in [2.75, 3.05) is 32.1 Å². The third-order valence-electron chi connectivity index (χ3n) is 3.30. The SMILES string of the molecule is CNC(=O)C1CCCN(C(=O)[C@@H](N)CCSC)C1. The molecule has 0 radical (unpaired) electrons. The van der Waals surface area contributed by atoms with Crippen LogP contribution in [0.3, 0.4) is 0 Å². The molecule has 2 amide bonds. The largest absolute Gasteiger partial charge is 0.359 e. The van der Waals surface area contributed by atoms with Gasteiger partial charge in [0, 0.05) is 20.1 Å². The smallest absolute Gasteiger partial charge is 0.239 e. The third-order valence-corrected chi connectivity index (χ3v) is 3.94. The van der Waals surface area contributed by atoms with Crippen LogP contribution < -0.4 is 11.1 Å². The number of amides is 2. The Morgan fingerprint density at radius 2 is 2.28 bits per heavy atom. The van der Waals surface area contributed by atoms with Crippen LogP contribution in [0.1, 0.15) is 19.3 Å². The van der Waals surface area contributed by atoms with Crippen molar-refractivity contribution < 1.29 is 9.59 Å². The number of carbonyl (C=O) groups excluding carboxylic acids is 2. The van der Waals surface area contributed by atoms with Gasteiger partial charge in [-0.1, -0.05) is 0 Å². The first-order valence-corrected chi connectivity index (χ1v) is 7.74. The summed E-state index contributed by atoms with van der Waals surface area (Å²) in [6.45, 7) is 1.23. The Kier molecular flexibility index (Phi) is 6.49. The summed E-state index contributed by atoms with van der Waals surface area (Å²) in [5.74, 6) is 0.808. The molecule has 1 unspecified atom stereocenters. The Bertz CT molecular complexity index is 299. The minimum absolute atomic E-state index is 0.0161. The van der Waals surface area contributed by atoms with Gasteiger partial charge in [-0.05, 0) is 31.3 Å². The molecule has 1 saturated heterocycles. The standard InChI is InChI=1S/C12H23N3O2S/c1-14-11(16)9-4-3-6-15(8-9)12(17)10(13)5-7-18-2/h9-10H,3-8,13H2,1-2H3,(H,14,16)/t9?,10-/m0/s1. The van der Waals surface area contributed by atoms with E-state index in [9.17, 15) is 9.59 Å². The summed E-state index contributed by atoms with van der Waals surface area (Å²) in [7, 11) is 1.63. The molecule has 0 spiro atoms. The van der Waals surface area contributed by atoms with E-state index in [1.165, 1.54) is 0 Å². The molecule has 0 aromatic rings. The molecule has 1 heterocycles. The molecule has 18 heavy (non-hydrogen) atoms.